The highest BCUT2D eigenvalue weighted by Crippen LogP contribution is 2.41. The summed E-state index contributed by atoms with van der Waals surface area (Å²) in [6.45, 7) is 11.5. The smallest absolute Gasteiger partial charge is 0.310 e. The van der Waals surface area contributed by atoms with Crippen LogP contribution < -0.4 is 4.74 Å². The van der Waals surface area contributed by atoms with Crippen LogP contribution in [0.3, 0.4) is 0 Å². The van der Waals surface area contributed by atoms with Gasteiger partial charge in [0.05, 0.1) is 56.3 Å². The molecule has 0 spiro atoms. The standard InChI is InChI=1S/C26H37N3O3.C15H17N3O3/c1-5-26(2,3)20-6-8-21(9-7-20)32-22-10-11-23-19(14-22)15-27-24(28-23)17-29-13-12-18(16-29)25(30)31-4;1-21-15(20)10-4-5-18(8-10)9-14-16-7-11-6-12(19)2-3-13(11)17-14/h10-11,14-15,18,20-21H,5-9,12-13,16-17H2,1-4H3;2-3,6-7,10,19H,4-5,8-9H2,1H3/t18-,20?,21?;10-/m11/s1. The van der Waals surface area contributed by atoms with E-state index in [0.717, 1.165) is 83.9 Å². The summed E-state index contributed by atoms with van der Waals surface area (Å²) in [5, 5.41) is 11.2. The SMILES string of the molecule is CCC(C)(C)C1CCC(Oc2ccc3nc(CN4CC[C@@H](C(=O)OC)C4)ncc3c2)CC1.COC(=O)[C@@H]1CCN(Cc2ncc3cc(O)ccc3n2)C1. The first-order valence-corrected chi connectivity index (χ1v) is 19.0. The molecule has 12 heteroatoms. The van der Waals surface area contributed by atoms with Gasteiger partial charge in [0.15, 0.2) is 0 Å². The van der Waals surface area contributed by atoms with E-state index in [-0.39, 0.29) is 29.5 Å². The predicted octanol–water partition coefficient (Wildman–Crippen LogP) is 6.33. The second kappa shape index (κ2) is 17.2. The molecule has 2 aromatic heterocycles. The van der Waals surface area contributed by atoms with Gasteiger partial charge in [0, 0.05) is 36.3 Å². The van der Waals surface area contributed by atoms with E-state index in [9.17, 15) is 14.7 Å². The zero-order valence-corrected chi connectivity index (χ0v) is 31.8. The highest BCUT2D eigenvalue weighted by atomic mass is 16.5. The number of rotatable bonds is 10. The Balaban J connectivity index is 0.000000198. The predicted molar refractivity (Wildman–Crippen MR) is 202 cm³/mol. The fourth-order valence-corrected chi connectivity index (χ4v) is 7.85. The first-order valence-electron chi connectivity index (χ1n) is 19.0. The van der Waals surface area contributed by atoms with E-state index >= 15 is 0 Å². The number of aromatic nitrogens is 4. The fraction of sp³-hybridized carbons (Fsp3) is 0.561. The van der Waals surface area contributed by atoms with Crippen LogP contribution in [0.2, 0.25) is 0 Å². The molecule has 4 aromatic rings. The van der Waals surface area contributed by atoms with Gasteiger partial charge in [-0.05, 0) is 99.3 Å². The Bertz CT molecular complexity index is 1880. The van der Waals surface area contributed by atoms with Gasteiger partial charge < -0.3 is 19.3 Å². The molecule has 1 N–H and O–H groups in total. The minimum Gasteiger partial charge on any atom is -0.508 e. The van der Waals surface area contributed by atoms with E-state index in [1.807, 2.05) is 18.3 Å². The monoisotopic (exact) mass is 726 g/mol. The molecule has 0 amide bonds. The van der Waals surface area contributed by atoms with Gasteiger partial charge in [0.1, 0.15) is 23.1 Å². The van der Waals surface area contributed by atoms with Crippen molar-refractivity contribution in [3.63, 3.8) is 0 Å². The molecule has 2 aliphatic heterocycles. The third-order valence-corrected chi connectivity index (χ3v) is 11.6. The van der Waals surface area contributed by atoms with Gasteiger partial charge in [-0.25, -0.2) is 19.9 Å². The number of phenols is 1. The maximum absolute atomic E-state index is 11.7. The lowest BCUT2D eigenvalue weighted by Crippen LogP contribution is -2.31. The van der Waals surface area contributed by atoms with Crippen LogP contribution in [-0.4, -0.2) is 93.3 Å². The lowest BCUT2D eigenvalue weighted by atomic mass is 9.69. The highest BCUT2D eigenvalue weighted by molar-refractivity contribution is 5.80. The van der Waals surface area contributed by atoms with Crippen LogP contribution in [0.4, 0.5) is 0 Å². The summed E-state index contributed by atoms with van der Waals surface area (Å²) >= 11 is 0. The number of fused-ring (bicyclic) bond motifs is 2. The number of esters is 2. The van der Waals surface area contributed by atoms with Gasteiger partial charge in [-0.2, -0.15) is 0 Å². The number of hydrogen-bond donors (Lipinski definition) is 1. The van der Waals surface area contributed by atoms with E-state index < -0.39 is 0 Å². The Kier molecular flexibility index (Phi) is 12.4. The molecular weight excluding hydrogens is 672 g/mol. The summed E-state index contributed by atoms with van der Waals surface area (Å²) in [5.41, 5.74) is 2.17. The van der Waals surface area contributed by atoms with Crippen molar-refractivity contribution >= 4 is 33.7 Å². The summed E-state index contributed by atoms with van der Waals surface area (Å²) in [6.07, 6.45) is 11.5. The number of hydrogen-bond acceptors (Lipinski definition) is 12. The van der Waals surface area contributed by atoms with Gasteiger partial charge in [0.2, 0.25) is 0 Å². The second-order valence-electron chi connectivity index (χ2n) is 15.5. The zero-order chi connectivity index (χ0) is 37.5. The fourth-order valence-electron chi connectivity index (χ4n) is 7.85. The van der Waals surface area contributed by atoms with Crippen LogP contribution in [0.1, 0.15) is 77.4 Å². The van der Waals surface area contributed by atoms with E-state index in [1.54, 1.807) is 24.4 Å². The molecule has 0 unspecified atom stereocenters. The third-order valence-electron chi connectivity index (χ3n) is 11.6. The van der Waals surface area contributed by atoms with Crippen LogP contribution in [-0.2, 0) is 32.2 Å². The van der Waals surface area contributed by atoms with E-state index in [2.05, 4.69) is 51.6 Å². The Morgan fingerprint density at radius 3 is 1.83 bits per heavy atom. The molecule has 7 rings (SSSR count). The number of carbonyl (C=O) groups is 2. The van der Waals surface area contributed by atoms with Gasteiger partial charge in [-0.1, -0.05) is 27.2 Å². The third kappa shape index (κ3) is 9.77. The maximum Gasteiger partial charge on any atom is 0.310 e. The normalized spacial score (nSPS) is 22.4. The van der Waals surface area contributed by atoms with Crippen molar-refractivity contribution in [1.29, 1.82) is 0 Å². The molecule has 3 aliphatic rings. The van der Waals surface area contributed by atoms with Gasteiger partial charge in [0.25, 0.3) is 0 Å². The van der Waals surface area contributed by atoms with Crippen LogP contribution in [0, 0.1) is 23.2 Å². The Labute approximate surface area is 312 Å². The Hall–Kier alpha value is -4.42. The number of phenolic OH excluding ortho intramolecular Hbond substituents is 1. The highest BCUT2D eigenvalue weighted by Gasteiger charge is 2.33. The number of ether oxygens (including phenoxy) is 3. The van der Waals surface area contributed by atoms with Gasteiger partial charge >= 0.3 is 11.9 Å². The molecule has 1 saturated carbocycles. The first-order chi connectivity index (χ1) is 25.5. The van der Waals surface area contributed by atoms with Crippen molar-refractivity contribution in [2.24, 2.45) is 23.2 Å². The number of aromatic hydroxyl groups is 1. The van der Waals surface area contributed by atoms with Crippen molar-refractivity contribution < 1.29 is 28.9 Å². The quantitative estimate of drug-likeness (QED) is 0.183. The molecule has 12 nitrogen and oxygen atoms in total. The van der Waals surface area contributed by atoms with Gasteiger partial charge in [-0.15, -0.1) is 0 Å². The molecule has 1 aliphatic carbocycles. The Morgan fingerprint density at radius 2 is 1.30 bits per heavy atom. The van der Waals surface area contributed by atoms with E-state index in [4.69, 9.17) is 19.2 Å². The average Bonchev–Trinajstić information content (AvgIpc) is 3.85. The van der Waals surface area contributed by atoms with Crippen LogP contribution >= 0.6 is 0 Å². The number of likely N-dealkylation sites (tertiary alicyclic amines) is 2. The van der Waals surface area contributed by atoms with Crippen molar-refractivity contribution in [3.8, 4) is 11.5 Å². The van der Waals surface area contributed by atoms with Gasteiger partial charge in [-0.3, -0.25) is 19.4 Å². The zero-order valence-electron chi connectivity index (χ0n) is 31.8. The number of nitrogens with zero attached hydrogens (tertiary/aromatic N) is 6. The summed E-state index contributed by atoms with van der Waals surface area (Å²) in [7, 11) is 2.88. The summed E-state index contributed by atoms with van der Waals surface area (Å²) < 4.78 is 16.0. The Morgan fingerprint density at radius 1 is 0.774 bits per heavy atom. The molecular formula is C41H54N6O6. The summed E-state index contributed by atoms with van der Waals surface area (Å²) in [6, 6.07) is 11.2. The van der Waals surface area contributed by atoms with E-state index in [1.165, 1.54) is 33.5 Å². The molecule has 53 heavy (non-hydrogen) atoms. The van der Waals surface area contributed by atoms with Crippen LogP contribution in [0.5, 0.6) is 11.5 Å². The number of carbonyl (C=O) groups excluding carboxylic acids is 2. The second-order valence-corrected chi connectivity index (χ2v) is 15.5. The minimum atomic E-state index is -0.146. The first kappa shape index (κ1) is 38.3. The lowest BCUT2D eigenvalue weighted by molar-refractivity contribution is -0.145. The average molecular weight is 727 g/mol. The van der Waals surface area contributed by atoms with Crippen LogP contribution in [0.15, 0.2) is 48.8 Å². The van der Waals surface area contributed by atoms with Crippen molar-refractivity contribution in [2.45, 2.75) is 84.9 Å². The molecule has 284 valence electrons. The molecule has 0 bridgehead atoms. The molecule has 2 saturated heterocycles. The molecule has 4 heterocycles. The minimum absolute atomic E-state index is 0.0386. The molecule has 0 radical (unpaired) electrons. The van der Waals surface area contributed by atoms with Crippen molar-refractivity contribution in [3.05, 3.63) is 60.4 Å². The molecule has 2 aromatic carbocycles. The largest absolute Gasteiger partial charge is 0.508 e. The molecule has 2 atom stereocenters. The summed E-state index contributed by atoms with van der Waals surface area (Å²) in [4.78, 5) is 45.8. The number of benzene rings is 2. The van der Waals surface area contributed by atoms with Crippen LogP contribution in [0.25, 0.3) is 21.8 Å². The van der Waals surface area contributed by atoms with E-state index in [0.29, 0.717) is 37.7 Å². The number of methoxy groups -OCH3 is 2. The maximum atomic E-state index is 11.7. The van der Waals surface area contributed by atoms with Crippen molar-refractivity contribution in [2.75, 3.05) is 40.4 Å². The topological polar surface area (TPSA) is 140 Å². The molecule has 3 fully saturated rings. The van der Waals surface area contributed by atoms with Crippen molar-refractivity contribution in [1.82, 2.24) is 29.7 Å². The lowest BCUT2D eigenvalue weighted by Gasteiger charge is -2.38. The summed E-state index contributed by atoms with van der Waals surface area (Å²) in [5.74, 6) is 3.07.